The molecule has 1 aliphatic heterocycles. The molecule has 4 aromatic rings. The summed E-state index contributed by atoms with van der Waals surface area (Å²) in [6, 6.07) is 14.2. The summed E-state index contributed by atoms with van der Waals surface area (Å²) in [5.41, 5.74) is 1.89. The van der Waals surface area contributed by atoms with Gasteiger partial charge in [-0.15, -0.1) is 10.2 Å². The van der Waals surface area contributed by atoms with Gasteiger partial charge >= 0.3 is 0 Å². The van der Waals surface area contributed by atoms with Gasteiger partial charge in [0.05, 0.1) is 5.52 Å². The zero-order chi connectivity index (χ0) is 16.6. The van der Waals surface area contributed by atoms with Crippen molar-refractivity contribution < 1.29 is 0 Å². The maximum atomic E-state index is 4.58. The van der Waals surface area contributed by atoms with Crippen molar-refractivity contribution in [1.29, 1.82) is 0 Å². The monoisotopic (exact) mass is 330 g/mol. The van der Waals surface area contributed by atoms with Crippen LogP contribution in [0.15, 0.2) is 55.0 Å². The Bertz CT molecular complexity index is 1030. The van der Waals surface area contributed by atoms with Gasteiger partial charge in [0.15, 0.2) is 5.65 Å². The molecular formula is C19H18N6. The number of para-hydroxylation sites is 1. The molecule has 25 heavy (non-hydrogen) atoms. The Morgan fingerprint density at radius 1 is 0.960 bits per heavy atom. The first-order chi connectivity index (χ1) is 12.4. The van der Waals surface area contributed by atoms with E-state index in [2.05, 4.69) is 35.5 Å². The number of nitrogens with zero attached hydrogens (tertiary/aromatic N) is 6. The van der Waals surface area contributed by atoms with E-state index < -0.39 is 0 Å². The lowest BCUT2D eigenvalue weighted by atomic mass is 9.97. The maximum Gasteiger partial charge on any atom is 0.160 e. The fraction of sp³-hybridized carbons (Fsp3) is 0.263. The number of aromatic nitrogens is 5. The van der Waals surface area contributed by atoms with Gasteiger partial charge in [-0.1, -0.05) is 18.2 Å². The molecule has 1 saturated heterocycles. The van der Waals surface area contributed by atoms with Gasteiger partial charge < -0.3 is 4.90 Å². The lowest BCUT2D eigenvalue weighted by Crippen LogP contribution is -2.35. The van der Waals surface area contributed by atoms with E-state index in [1.807, 2.05) is 42.6 Å². The lowest BCUT2D eigenvalue weighted by molar-refractivity contribution is 0.486. The van der Waals surface area contributed by atoms with Crippen molar-refractivity contribution in [3.8, 4) is 0 Å². The molecule has 6 nitrogen and oxygen atoms in total. The van der Waals surface area contributed by atoms with Crippen LogP contribution in [0.2, 0.25) is 0 Å². The summed E-state index contributed by atoms with van der Waals surface area (Å²) < 4.78 is 2.10. The van der Waals surface area contributed by atoms with E-state index in [9.17, 15) is 0 Å². The molecule has 0 N–H and O–H groups in total. The molecule has 0 spiro atoms. The molecule has 4 heterocycles. The molecule has 1 unspecified atom stereocenters. The van der Waals surface area contributed by atoms with Gasteiger partial charge in [0, 0.05) is 30.6 Å². The Morgan fingerprint density at radius 3 is 2.88 bits per heavy atom. The average Bonchev–Trinajstić information content (AvgIpc) is 3.12. The van der Waals surface area contributed by atoms with Crippen LogP contribution >= 0.6 is 0 Å². The van der Waals surface area contributed by atoms with Crippen LogP contribution in [0, 0.1) is 0 Å². The number of hydrogen-bond donors (Lipinski definition) is 0. The standard InChI is InChI=1S/C19H18N6/c1-2-8-16-15(7-1)19(21-13-20-16)24-10-5-6-14(12-24)18-23-22-17-9-3-4-11-25(17)18/h1-4,7-9,11,13-14H,5-6,10,12H2. The minimum atomic E-state index is 0.347. The van der Waals surface area contributed by atoms with Crippen molar-refractivity contribution in [2.45, 2.75) is 18.8 Å². The summed E-state index contributed by atoms with van der Waals surface area (Å²) in [6.45, 7) is 1.91. The fourth-order valence-electron chi connectivity index (χ4n) is 3.76. The highest BCUT2D eigenvalue weighted by molar-refractivity contribution is 5.89. The van der Waals surface area contributed by atoms with Gasteiger partial charge in [-0.2, -0.15) is 0 Å². The predicted molar refractivity (Wildman–Crippen MR) is 96.7 cm³/mol. The van der Waals surface area contributed by atoms with Crippen LogP contribution in [0.5, 0.6) is 0 Å². The summed E-state index contributed by atoms with van der Waals surface area (Å²) in [4.78, 5) is 11.3. The lowest BCUT2D eigenvalue weighted by Gasteiger charge is -2.33. The molecule has 5 rings (SSSR count). The fourth-order valence-corrected chi connectivity index (χ4v) is 3.76. The minimum Gasteiger partial charge on any atom is -0.355 e. The van der Waals surface area contributed by atoms with Gasteiger partial charge in [-0.05, 0) is 37.1 Å². The van der Waals surface area contributed by atoms with Crippen LogP contribution in [0.3, 0.4) is 0 Å². The highest BCUT2D eigenvalue weighted by atomic mass is 15.3. The Balaban J connectivity index is 1.52. The van der Waals surface area contributed by atoms with Crippen LogP contribution in [-0.4, -0.2) is 37.7 Å². The van der Waals surface area contributed by atoms with Crippen LogP contribution in [-0.2, 0) is 0 Å². The summed E-state index contributed by atoms with van der Waals surface area (Å²) in [5.74, 6) is 2.41. The molecule has 124 valence electrons. The number of benzene rings is 1. The molecule has 0 bridgehead atoms. The molecule has 1 aliphatic rings. The molecule has 1 fully saturated rings. The normalized spacial score (nSPS) is 18.1. The number of fused-ring (bicyclic) bond motifs is 2. The van der Waals surface area contributed by atoms with Crippen molar-refractivity contribution in [2.75, 3.05) is 18.0 Å². The third-order valence-corrected chi connectivity index (χ3v) is 4.95. The predicted octanol–water partition coefficient (Wildman–Crippen LogP) is 3.06. The van der Waals surface area contributed by atoms with Gasteiger partial charge in [0.2, 0.25) is 0 Å². The first kappa shape index (κ1) is 14.3. The third kappa shape index (κ3) is 2.41. The third-order valence-electron chi connectivity index (χ3n) is 4.95. The Morgan fingerprint density at radius 2 is 1.88 bits per heavy atom. The molecule has 0 aliphatic carbocycles. The number of piperidine rings is 1. The summed E-state index contributed by atoms with van der Waals surface area (Å²) in [6.07, 6.45) is 5.94. The van der Waals surface area contributed by atoms with Gasteiger partial charge in [-0.25, -0.2) is 9.97 Å². The Hall–Kier alpha value is -3.02. The first-order valence-corrected chi connectivity index (χ1v) is 8.64. The first-order valence-electron chi connectivity index (χ1n) is 8.64. The van der Waals surface area contributed by atoms with E-state index in [0.717, 1.165) is 54.1 Å². The molecule has 1 atom stereocenters. The Labute approximate surface area is 145 Å². The zero-order valence-electron chi connectivity index (χ0n) is 13.8. The molecule has 0 amide bonds. The highest BCUT2D eigenvalue weighted by Crippen LogP contribution is 2.31. The SMILES string of the molecule is c1ccc2c(N3CCCC(c4nnc5ccccn45)C3)ncnc2c1. The molecule has 0 radical (unpaired) electrons. The topological polar surface area (TPSA) is 59.2 Å². The second kappa shape index (κ2) is 5.81. The largest absolute Gasteiger partial charge is 0.355 e. The van der Waals surface area contributed by atoms with Crippen LogP contribution < -0.4 is 4.90 Å². The highest BCUT2D eigenvalue weighted by Gasteiger charge is 2.26. The molecule has 6 heteroatoms. The smallest absolute Gasteiger partial charge is 0.160 e. The second-order valence-electron chi connectivity index (χ2n) is 6.49. The summed E-state index contributed by atoms with van der Waals surface area (Å²) in [5, 5.41) is 9.88. The summed E-state index contributed by atoms with van der Waals surface area (Å²) >= 11 is 0. The van der Waals surface area contributed by atoms with Gasteiger partial charge in [0.1, 0.15) is 18.0 Å². The molecule has 1 aromatic carbocycles. The van der Waals surface area contributed by atoms with Crippen LogP contribution in [0.1, 0.15) is 24.6 Å². The number of hydrogen-bond acceptors (Lipinski definition) is 5. The zero-order valence-corrected chi connectivity index (χ0v) is 13.8. The molecule has 0 saturated carbocycles. The molecular weight excluding hydrogens is 312 g/mol. The van der Waals surface area contributed by atoms with E-state index >= 15 is 0 Å². The Kier molecular flexibility index (Phi) is 3.33. The van der Waals surface area contributed by atoms with E-state index in [4.69, 9.17) is 0 Å². The van der Waals surface area contributed by atoms with Crippen molar-refractivity contribution >= 4 is 22.4 Å². The van der Waals surface area contributed by atoms with E-state index in [0.29, 0.717) is 5.92 Å². The van der Waals surface area contributed by atoms with E-state index in [1.54, 1.807) is 6.33 Å². The minimum absolute atomic E-state index is 0.347. The number of rotatable bonds is 2. The maximum absolute atomic E-state index is 4.58. The van der Waals surface area contributed by atoms with Crippen LogP contribution in [0.25, 0.3) is 16.6 Å². The number of pyridine rings is 1. The summed E-state index contributed by atoms with van der Waals surface area (Å²) in [7, 11) is 0. The van der Waals surface area contributed by atoms with Gasteiger partial charge in [0.25, 0.3) is 0 Å². The van der Waals surface area contributed by atoms with E-state index in [1.165, 1.54) is 0 Å². The quantitative estimate of drug-likeness (QED) is 0.565. The van der Waals surface area contributed by atoms with Gasteiger partial charge in [-0.3, -0.25) is 4.40 Å². The van der Waals surface area contributed by atoms with Crippen LogP contribution in [0.4, 0.5) is 5.82 Å². The molecule has 3 aromatic heterocycles. The number of anilines is 1. The van der Waals surface area contributed by atoms with E-state index in [-0.39, 0.29) is 0 Å². The van der Waals surface area contributed by atoms with Crippen molar-refractivity contribution in [2.24, 2.45) is 0 Å². The van der Waals surface area contributed by atoms with Crippen molar-refractivity contribution in [3.63, 3.8) is 0 Å². The average molecular weight is 330 g/mol. The van der Waals surface area contributed by atoms with Crippen molar-refractivity contribution in [1.82, 2.24) is 24.6 Å². The van der Waals surface area contributed by atoms with Crippen molar-refractivity contribution in [3.05, 3.63) is 60.8 Å². The second-order valence-corrected chi connectivity index (χ2v) is 6.49.